The molecule has 1 saturated heterocycles. The van der Waals surface area contributed by atoms with Crippen molar-refractivity contribution in [2.24, 2.45) is 52.6 Å². The molecule has 1 aromatic heterocycles. The predicted octanol–water partition coefficient (Wildman–Crippen LogP) is 5.79. The van der Waals surface area contributed by atoms with Crippen molar-refractivity contribution < 1.29 is 30.3 Å². The molecule has 9 nitrogen and oxygen atoms in total. The number of benzene rings is 1. The first-order valence-corrected chi connectivity index (χ1v) is 23.0. The number of dihydropyridines is 1. The first-order valence-electron chi connectivity index (χ1n) is 20.5. The van der Waals surface area contributed by atoms with Crippen LogP contribution in [0.15, 0.2) is 83.9 Å². The average Bonchev–Trinajstić information content (AvgIpc) is 3.47. The Morgan fingerprint density at radius 2 is 1.89 bits per heavy atom. The van der Waals surface area contributed by atoms with Gasteiger partial charge in [-0.3, -0.25) is 0 Å². The molecule has 2 aliphatic heterocycles. The standard InChI is InChI=1S/C45H57N3O6S2/c1-2-45-13-11-27-6-7-28(19-38(51)41(27)43(53)31-16-26(22-45)5-9-33(45)17-31)29-8-10-37(50)39(20-29)54-40-21-30(18-34-4-3-14-47-34)35-12-15-48-44(46)36(35)25-56-55-24-32(23-49)42(40)52/h3-10,12,14,20,26-28,30-33,38,40-43,47-53H,2,15-19,21-25,46H2,1H3/t26-,27-,28+,30+,31-,32-,33+,38+,40-,41-,42-,43-,45+/m0/s1. The minimum Gasteiger partial charge on any atom is -0.504 e. The van der Waals surface area contributed by atoms with Crippen molar-refractivity contribution in [1.29, 1.82) is 0 Å². The molecule has 2 aromatic rings. The van der Waals surface area contributed by atoms with Crippen molar-refractivity contribution in [1.82, 2.24) is 10.3 Å². The zero-order valence-corrected chi connectivity index (χ0v) is 33.7. The Labute approximate surface area is 338 Å². The molecular formula is C45H57N3O6S2. The maximum atomic E-state index is 12.0. The fourth-order valence-corrected chi connectivity index (χ4v) is 13.0. The number of nitrogens with two attached hydrogens (primary N) is 1. The zero-order chi connectivity index (χ0) is 39.0. The number of aliphatic hydroxyl groups excluding tert-OH is 4. The smallest absolute Gasteiger partial charge is 0.161 e. The molecule has 56 heavy (non-hydrogen) atoms. The Morgan fingerprint density at radius 3 is 2.70 bits per heavy atom. The summed E-state index contributed by atoms with van der Waals surface area (Å²) in [4.78, 5) is 3.34. The van der Waals surface area contributed by atoms with E-state index in [4.69, 9.17) is 10.5 Å². The maximum Gasteiger partial charge on any atom is 0.161 e. The second-order valence-electron chi connectivity index (χ2n) is 17.0. The predicted molar refractivity (Wildman–Crippen MR) is 223 cm³/mol. The first-order chi connectivity index (χ1) is 27.2. The highest BCUT2D eigenvalue weighted by Crippen LogP contribution is 2.53. The number of nitrogens with one attached hydrogen (secondary N) is 2. The Hall–Kier alpha value is -3.24. The minimum atomic E-state index is -1.02. The molecule has 5 aliphatic carbocycles. The fourth-order valence-electron chi connectivity index (χ4n) is 10.5. The molecule has 1 saturated carbocycles. The largest absolute Gasteiger partial charge is 0.504 e. The van der Waals surface area contributed by atoms with Gasteiger partial charge in [0, 0.05) is 71.2 Å². The van der Waals surface area contributed by atoms with Crippen molar-refractivity contribution in [2.45, 2.75) is 82.2 Å². The van der Waals surface area contributed by atoms with E-state index in [9.17, 15) is 25.5 Å². The summed E-state index contributed by atoms with van der Waals surface area (Å²) >= 11 is 0. The molecular weight excluding hydrogens is 743 g/mol. The Balaban J connectivity index is 1.10. The topological polar surface area (TPSA) is 164 Å². The lowest BCUT2D eigenvalue weighted by Gasteiger charge is -2.37. The van der Waals surface area contributed by atoms with Crippen LogP contribution >= 0.6 is 21.6 Å². The molecule has 0 radical (unpaired) electrons. The van der Waals surface area contributed by atoms with E-state index in [0.717, 1.165) is 48.1 Å². The third-order valence-corrected chi connectivity index (χ3v) is 16.1. The fraction of sp³-hybridized carbons (Fsp3) is 0.556. The number of aromatic amines is 1. The van der Waals surface area contributed by atoms with E-state index in [0.29, 0.717) is 55.0 Å². The Morgan fingerprint density at radius 1 is 1.02 bits per heavy atom. The van der Waals surface area contributed by atoms with E-state index in [1.807, 2.05) is 24.4 Å². The normalized spacial score (nSPS) is 38.2. The molecule has 3 heterocycles. The average molecular weight is 800 g/mol. The van der Waals surface area contributed by atoms with Crippen molar-refractivity contribution in [3.05, 3.63) is 95.1 Å². The van der Waals surface area contributed by atoms with Gasteiger partial charge in [-0.15, -0.1) is 0 Å². The van der Waals surface area contributed by atoms with Crippen molar-refractivity contribution in [3.8, 4) is 23.3 Å². The highest BCUT2D eigenvalue weighted by molar-refractivity contribution is 8.76. The van der Waals surface area contributed by atoms with Crippen LogP contribution in [-0.4, -0.2) is 79.6 Å². The van der Waals surface area contributed by atoms with E-state index in [-0.39, 0.29) is 47.2 Å². The SMILES string of the molecule is CC[C@]12C#C[C@@H]3C=C[C@@H](c4ccc(O)c(O[C@H]5C[C@@H](Cc6ccc[nH]6)C6=CCNC(N)=C6CSSC[C@H](CO)[C@@H]5O)c4)C[C@@H](O)[C@H]3[C@@H](O)[C@H]3C[C@H](C=C[C@@H]1C3)C2. The molecule has 13 atom stereocenters. The molecule has 0 amide bonds. The molecule has 0 spiro atoms. The number of aromatic nitrogens is 1. The minimum absolute atomic E-state index is 0.0507. The van der Waals surface area contributed by atoms with Gasteiger partial charge in [-0.25, -0.2) is 0 Å². The van der Waals surface area contributed by atoms with Gasteiger partial charge in [0.05, 0.1) is 18.3 Å². The number of fused-ring (bicyclic) bond motifs is 2. The van der Waals surface area contributed by atoms with E-state index < -0.39 is 36.3 Å². The van der Waals surface area contributed by atoms with Crippen LogP contribution in [-0.2, 0) is 6.42 Å². The number of H-pyrrole nitrogens is 1. The highest BCUT2D eigenvalue weighted by atomic mass is 33.1. The van der Waals surface area contributed by atoms with E-state index in [1.165, 1.54) is 0 Å². The molecule has 9 N–H and O–H groups in total. The van der Waals surface area contributed by atoms with Crippen LogP contribution in [0.2, 0.25) is 0 Å². The highest BCUT2D eigenvalue weighted by Gasteiger charge is 2.49. The number of hydrogen-bond acceptors (Lipinski definition) is 10. The third-order valence-electron chi connectivity index (χ3n) is 13.7. The van der Waals surface area contributed by atoms with E-state index in [1.54, 1.807) is 27.7 Å². The van der Waals surface area contributed by atoms with Gasteiger partial charge in [0.25, 0.3) is 0 Å². The summed E-state index contributed by atoms with van der Waals surface area (Å²) in [6.45, 7) is 2.63. The molecule has 1 aromatic carbocycles. The van der Waals surface area contributed by atoms with Gasteiger partial charge in [0.15, 0.2) is 11.5 Å². The van der Waals surface area contributed by atoms with Crippen molar-refractivity contribution in [3.63, 3.8) is 0 Å². The number of allylic oxidation sites excluding steroid dienone is 5. The molecule has 2 fully saturated rings. The van der Waals surface area contributed by atoms with Gasteiger partial charge < -0.3 is 46.3 Å². The second-order valence-corrected chi connectivity index (χ2v) is 19.5. The molecule has 300 valence electrons. The third kappa shape index (κ3) is 7.95. The van der Waals surface area contributed by atoms with Crippen LogP contribution in [0.4, 0.5) is 0 Å². The summed E-state index contributed by atoms with van der Waals surface area (Å²) in [6, 6.07) is 9.33. The number of aromatic hydroxyl groups is 1. The van der Waals surface area contributed by atoms with Gasteiger partial charge in [-0.2, -0.15) is 0 Å². The van der Waals surface area contributed by atoms with Crippen LogP contribution in [0.25, 0.3) is 0 Å². The summed E-state index contributed by atoms with van der Waals surface area (Å²) in [5.74, 6) is 8.74. The molecule has 7 aliphatic rings. The Bertz CT molecular complexity index is 1900. The number of phenols is 1. The number of ether oxygens (including phenoxy) is 1. The Kier molecular flexibility index (Phi) is 12.0. The second kappa shape index (κ2) is 16.9. The number of aliphatic hydroxyl groups is 4. The number of rotatable bonds is 7. The monoisotopic (exact) mass is 799 g/mol. The van der Waals surface area contributed by atoms with Gasteiger partial charge in [0.1, 0.15) is 11.9 Å². The molecule has 11 heteroatoms. The lowest BCUT2D eigenvalue weighted by Crippen LogP contribution is -2.42. The van der Waals surface area contributed by atoms with Crippen LogP contribution in [0.3, 0.4) is 0 Å². The van der Waals surface area contributed by atoms with Gasteiger partial charge in [0.2, 0.25) is 0 Å². The summed E-state index contributed by atoms with van der Waals surface area (Å²) in [5.41, 5.74) is 10.5. The lowest BCUT2D eigenvalue weighted by atomic mass is 9.65. The van der Waals surface area contributed by atoms with Crippen LogP contribution in [0, 0.1) is 58.7 Å². The molecule has 0 unspecified atom stereocenters. The first kappa shape index (κ1) is 39.6. The van der Waals surface area contributed by atoms with Crippen LogP contribution in [0.5, 0.6) is 11.5 Å². The van der Waals surface area contributed by atoms with Gasteiger partial charge in [-0.1, -0.05) is 76.8 Å². The van der Waals surface area contributed by atoms with Gasteiger partial charge >= 0.3 is 0 Å². The molecule has 9 rings (SSSR count). The van der Waals surface area contributed by atoms with E-state index in [2.05, 4.69) is 65.5 Å². The quantitative estimate of drug-likeness (QED) is 0.0977. The van der Waals surface area contributed by atoms with Crippen LogP contribution < -0.4 is 15.8 Å². The van der Waals surface area contributed by atoms with Gasteiger partial charge in [-0.05, 0) is 104 Å². The summed E-state index contributed by atoms with van der Waals surface area (Å²) in [6.07, 6.45) is 15.0. The van der Waals surface area contributed by atoms with Crippen LogP contribution in [0.1, 0.15) is 62.6 Å². The maximum absolute atomic E-state index is 12.0. The summed E-state index contributed by atoms with van der Waals surface area (Å²) < 4.78 is 6.72. The zero-order valence-electron chi connectivity index (χ0n) is 32.1. The molecule has 4 bridgehead atoms. The number of hydrogen-bond donors (Lipinski definition) is 8. The number of phenolic OH excluding ortho intramolecular Hbond substituents is 1. The summed E-state index contributed by atoms with van der Waals surface area (Å²) in [5, 5.41) is 61.0. The van der Waals surface area contributed by atoms with Crippen molar-refractivity contribution >= 4 is 21.6 Å². The van der Waals surface area contributed by atoms with E-state index >= 15 is 0 Å². The lowest BCUT2D eigenvalue weighted by molar-refractivity contribution is -0.0369. The van der Waals surface area contributed by atoms with Crippen molar-refractivity contribution in [2.75, 3.05) is 24.7 Å². The summed E-state index contributed by atoms with van der Waals surface area (Å²) in [7, 11) is 3.26.